The molecule has 0 bridgehead atoms. The van der Waals surface area contributed by atoms with E-state index >= 15 is 0 Å². The van der Waals surface area contributed by atoms with Gasteiger partial charge >= 0.3 is 0 Å². The molecular formula is C63H42N2. The minimum Gasteiger partial charge on any atom is -0.309 e. The zero-order chi connectivity index (χ0) is 43.2. The predicted octanol–water partition coefficient (Wildman–Crippen LogP) is 17.2. The maximum atomic E-state index is 3.97. The maximum absolute atomic E-state index is 3.97. The van der Waals surface area contributed by atoms with E-state index in [2.05, 4.69) is 235 Å². The van der Waals surface area contributed by atoms with Gasteiger partial charge < -0.3 is 9.13 Å². The van der Waals surface area contributed by atoms with Crippen molar-refractivity contribution in [2.45, 2.75) is 6.92 Å². The first-order valence-electron chi connectivity index (χ1n) is 22.5. The molecule has 304 valence electrons. The standard InChI is InChI=1S/C63H42N2/c1-3-4-21-48-40(2)28-32-56-53-34-29-43(39-61(53)65(63(48)56)46-18-6-5-7-19-46)42-31-35-60-58(37-42)52-24-10-11-27-59(52)64(60)47-20-12-17-44(36-47)49-22-8-9-23-50(49)45-30-33-51-54-25-13-15-41-16-14-26-55(62(41)54)57(51)38-45/h3-39H,1H2,2H3/b21-4-. The second kappa shape index (κ2) is 14.6. The fourth-order valence-electron chi connectivity index (χ4n) is 10.8. The number of hydrogen-bond acceptors (Lipinski definition) is 0. The lowest BCUT2D eigenvalue weighted by Crippen LogP contribution is -1.96. The predicted molar refractivity (Wildman–Crippen MR) is 277 cm³/mol. The molecule has 2 nitrogen and oxygen atoms in total. The van der Waals surface area contributed by atoms with E-state index in [4.69, 9.17) is 0 Å². The SMILES string of the molecule is C=C/C=C\c1c(C)ccc2c3ccc(-c4ccc5c(c4)c4ccccc4n5-c4cccc(-c5ccccc5-c5ccc6c(c5)-c5cccc7cccc-6c57)c4)cc3n(-c3ccccc3)c12. The Balaban J connectivity index is 0.934. The highest BCUT2D eigenvalue weighted by atomic mass is 15.0. The Labute approximate surface area is 377 Å². The smallest absolute Gasteiger partial charge is 0.0616 e. The maximum Gasteiger partial charge on any atom is 0.0616 e. The zero-order valence-corrected chi connectivity index (χ0v) is 36.0. The third-order valence-corrected chi connectivity index (χ3v) is 13.8. The van der Waals surface area contributed by atoms with Crippen molar-refractivity contribution in [1.29, 1.82) is 0 Å². The van der Waals surface area contributed by atoms with Crippen LogP contribution in [0.15, 0.2) is 225 Å². The molecule has 0 N–H and O–H groups in total. The van der Waals surface area contributed by atoms with Gasteiger partial charge in [-0.05, 0) is 133 Å². The summed E-state index contributed by atoms with van der Waals surface area (Å²) in [5.74, 6) is 0. The van der Waals surface area contributed by atoms with Crippen LogP contribution in [0, 0.1) is 6.92 Å². The number of rotatable bonds is 7. The summed E-state index contributed by atoms with van der Waals surface area (Å²) in [6.45, 7) is 6.16. The lowest BCUT2D eigenvalue weighted by atomic mass is 9.91. The number of aryl methyl sites for hydroxylation is 1. The highest BCUT2D eigenvalue weighted by Gasteiger charge is 2.23. The molecule has 13 rings (SSSR count). The summed E-state index contributed by atoms with van der Waals surface area (Å²) < 4.78 is 4.87. The average Bonchev–Trinajstić information content (AvgIpc) is 4.00. The monoisotopic (exact) mass is 826 g/mol. The van der Waals surface area contributed by atoms with Gasteiger partial charge in [-0.2, -0.15) is 0 Å². The van der Waals surface area contributed by atoms with Gasteiger partial charge in [-0.1, -0.05) is 176 Å². The fourth-order valence-corrected chi connectivity index (χ4v) is 10.8. The minimum absolute atomic E-state index is 1.14. The van der Waals surface area contributed by atoms with Crippen molar-refractivity contribution in [3.8, 4) is 67.0 Å². The van der Waals surface area contributed by atoms with Gasteiger partial charge in [-0.3, -0.25) is 0 Å². The second-order valence-electron chi connectivity index (χ2n) is 17.3. The molecule has 2 aromatic heterocycles. The van der Waals surface area contributed by atoms with E-state index in [0.29, 0.717) is 0 Å². The van der Waals surface area contributed by atoms with Gasteiger partial charge in [0.15, 0.2) is 0 Å². The molecule has 0 radical (unpaired) electrons. The number of aromatic nitrogens is 2. The molecule has 1 aliphatic rings. The molecule has 0 saturated carbocycles. The normalized spacial score (nSPS) is 12.1. The molecule has 0 aliphatic heterocycles. The van der Waals surface area contributed by atoms with Gasteiger partial charge in [0.2, 0.25) is 0 Å². The van der Waals surface area contributed by atoms with E-state index in [1.54, 1.807) is 0 Å². The van der Waals surface area contributed by atoms with E-state index in [9.17, 15) is 0 Å². The van der Waals surface area contributed by atoms with Gasteiger partial charge in [0.25, 0.3) is 0 Å². The molecule has 1 aliphatic carbocycles. The lowest BCUT2D eigenvalue weighted by molar-refractivity contribution is 1.17. The van der Waals surface area contributed by atoms with Crippen molar-refractivity contribution in [3.63, 3.8) is 0 Å². The largest absolute Gasteiger partial charge is 0.309 e. The minimum atomic E-state index is 1.14. The summed E-state index contributed by atoms with van der Waals surface area (Å²) in [5.41, 5.74) is 22.0. The number of hydrogen-bond donors (Lipinski definition) is 0. The molecule has 2 heteroatoms. The van der Waals surface area contributed by atoms with Crippen molar-refractivity contribution in [1.82, 2.24) is 9.13 Å². The quantitative estimate of drug-likeness (QED) is 0.142. The lowest BCUT2D eigenvalue weighted by Gasteiger charge is -2.14. The van der Waals surface area contributed by atoms with Crippen LogP contribution in [0.2, 0.25) is 0 Å². The van der Waals surface area contributed by atoms with Crippen LogP contribution >= 0.6 is 0 Å². The Morgan fingerprint density at radius 3 is 1.85 bits per heavy atom. The average molecular weight is 827 g/mol. The van der Waals surface area contributed by atoms with E-state index in [0.717, 1.165) is 11.4 Å². The first-order valence-corrected chi connectivity index (χ1v) is 22.5. The Morgan fingerprint density at radius 1 is 0.385 bits per heavy atom. The zero-order valence-electron chi connectivity index (χ0n) is 36.0. The molecule has 0 amide bonds. The first kappa shape index (κ1) is 37.1. The fraction of sp³-hybridized carbons (Fsp3) is 0.0159. The van der Waals surface area contributed by atoms with E-state index in [1.807, 2.05) is 12.2 Å². The number of para-hydroxylation sites is 2. The van der Waals surface area contributed by atoms with Crippen LogP contribution in [0.1, 0.15) is 11.1 Å². The van der Waals surface area contributed by atoms with Crippen molar-refractivity contribution in [2.75, 3.05) is 0 Å². The first-order chi connectivity index (χ1) is 32.1. The van der Waals surface area contributed by atoms with Crippen LogP contribution in [0.4, 0.5) is 0 Å². The van der Waals surface area contributed by atoms with Crippen molar-refractivity contribution in [3.05, 3.63) is 236 Å². The molecule has 0 unspecified atom stereocenters. The van der Waals surface area contributed by atoms with E-state index in [1.165, 1.54) is 121 Å². The number of benzene rings is 10. The summed E-state index contributed by atoms with van der Waals surface area (Å²) >= 11 is 0. The van der Waals surface area contributed by atoms with Crippen LogP contribution in [-0.2, 0) is 0 Å². The van der Waals surface area contributed by atoms with Gasteiger partial charge in [-0.15, -0.1) is 0 Å². The summed E-state index contributed by atoms with van der Waals surface area (Å²) in [7, 11) is 0. The summed E-state index contributed by atoms with van der Waals surface area (Å²) in [6.07, 6.45) is 6.08. The summed E-state index contributed by atoms with van der Waals surface area (Å²) in [4.78, 5) is 0. The molecule has 2 heterocycles. The van der Waals surface area contributed by atoms with Crippen molar-refractivity contribution >= 4 is 60.5 Å². The van der Waals surface area contributed by atoms with Crippen LogP contribution in [-0.4, -0.2) is 9.13 Å². The van der Waals surface area contributed by atoms with Crippen molar-refractivity contribution < 1.29 is 0 Å². The molecule has 10 aromatic carbocycles. The van der Waals surface area contributed by atoms with Gasteiger partial charge in [0, 0.05) is 38.5 Å². The van der Waals surface area contributed by atoms with Gasteiger partial charge in [-0.25, -0.2) is 0 Å². The molecule has 0 spiro atoms. The second-order valence-corrected chi connectivity index (χ2v) is 17.3. The molecule has 0 saturated heterocycles. The Morgan fingerprint density at radius 2 is 1.02 bits per heavy atom. The topological polar surface area (TPSA) is 9.86 Å². The molecule has 0 fully saturated rings. The Bertz CT molecular complexity index is 3960. The van der Waals surface area contributed by atoms with Crippen LogP contribution in [0.25, 0.3) is 127 Å². The molecule has 65 heavy (non-hydrogen) atoms. The Hall–Kier alpha value is -8.46. The molecule has 0 atom stereocenters. The molecular weight excluding hydrogens is 785 g/mol. The van der Waals surface area contributed by atoms with Gasteiger partial charge in [0.1, 0.15) is 0 Å². The highest BCUT2D eigenvalue weighted by molar-refractivity contribution is 6.16. The van der Waals surface area contributed by atoms with E-state index < -0.39 is 0 Å². The summed E-state index contributed by atoms with van der Waals surface area (Å²) in [5, 5.41) is 7.59. The highest BCUT2D eigenvalue weighted by Crippen LogP contribution is 2.49. The Kier molecular flexibility index (Phi) is 8.31. The number of fused-ring (bicyclic) bond motifs is 9. The van der Waals surface area contributed by atoms with Crippen molar-refractivity contribution in [2.24, 2.45) is 0 Å². The number of nitrogens with zero attached hydrogens (tertiary/aromatic N) is 2. The third kappa shape index (κ3) is 5.67. The third-order valence-electron chi connectivity index (χ3n) is 13.8. The van der Waals surface area contributed by atoms with Crippen LogP contribution in [0.5, 0.6) is 0 Å². The number of allylic oxidation sites excluding steroid dienone is 2. The van der Waals surface area contributed by atoms with Gasteiger partial charge in [0.05, 0.1) is 22.1 Å². The van der Waals surface area contributed by atoms with Crippen LogP contribution < -0.4 is 0 Å². The molecule has 12 aromatic rings. The van der Waals surface area contributed by atoms with Crippen LogP contribution in [0.3, 0.4) is 0 Å². The van der Waals surface area contributed by atoms with E-state index in [-0.39, 0.29) is 0 Å². The summed E-state index contributed by atoms with van der Waals surface area (Å²) in [6, 6.07) is 76.3.